The van der Waals surface area contributed by atoms with Gasteiger partial charge in [-0.15, -0.1) is 0 Å². The van der Waals surface area contributed by atoms with E-state index in [9.17, 15) is 0 Å². The van der Waals surface area contributed by atoms with Crippen molar-refractivity contribution in [2.75, 3.05) is 6.54 Å². The smallest absolute Gasteiger partial charge is 0.229 e. The van der Waals surface area contributed by atoms with Crippen LogP contribution in [0.4, 0.5) is 0 Å². The summed E-state index contributed by atoms with van der Waals surface area (Å²) in [4.78, 5) is 4.44. The molecule has 2 N–H and O–H groups in total. The van der Waals surface area contributed by atoms with Gasteiger partial charge in [0.05, 0.1) is 0 Å². The molecule has 0 spiro atoms. The zero-order valence-electron chi connectivity index (χ0n) is 10.3. The number of hydrogen-bond donors (Lipinski definition) is 1. The molecule has 18 heavy (non-hydrogen) atoms. The lowest BCUT2D eigenvalue weighted by Crippen LogP contribution is -2.02. The van der Waals surface area contributed by atoms with Crippen molar-refractivity contribution < 1.29 is 4.52 Å². The highest BCUT2D eigenvalue weighted by atomic mass is 79.9. The molecule has 1 aromatic carbocycles. The van der Waals surface area contributed by atoms with Gasteiger partial charge in [-0.1, -0.05) is 40.1 Å². The summed E-state index contributed by atoms with van der Waals surface area (Å²) < 4.78 is 6.30. The Morgan fingerprint density at radius 1 is 1.44 bits per heavy atom. The van der Waals surface area contributed by atoms with Gasteiger partial charge in [-0.3, -0.25) is 0 Å². The summed E-state index contributed by atoms with van der Waals surface area (Å²) in [5.41, 5.74) is 6.45. The van der Waals surface area contributed by atoms with Gasteiger partial charge in [-0.2, -0.15) is 4.98 Å². The number of aromatic nitrogens is 2. The molecule has 0 aliphatic rings. The number of nitrogens with zero attached hydrogens (tertiary/aromatic N) is 2. The molecule has 1 heterocycles. The number of rotatable bonds is 5. The third kappa shape index (κ3) is 3.17. The zero-order valence-corrected chi connectivity index (χ0v) is 11.9. The zero-order chi connectivity index (χ0) is 13.0. The van der Waals surface area contributed by atoms with Crippen molar-refractivity contribution in [3.05, 3.63) is 34.6 Å². The van der Waals surface area contributed by atoms with Gasteiger partial charge < -0.3 is 10.3 Å². The van der Waals surface area contributed by atoms with Gasteiger partial charge >= 0.3 is 0 Å². The number of benzene rings is 1. The lowest BCUT2D eigenvalue weighted by atomic mass is 10.1. The standard InChI is InChI=1S/C13H16BrN3O/c1-9(4-3-7-15)13-16-12(17-18-13)10-5-2-6-11(14)8-10/h2,5-6,8-9H,3-4,7,15H2,1H3. The molecular formula is C13H16BrN3O. The maximum absolute atomic E-state index is 5.50. The fourth-order valence-corrected chi connectivity index (χ4v) is 2.13. The second kappa shape index (κ2) is 6.11. The van der Waals surface area contributed by atoms with Crippen LogP contribution in [0.15, 0.2) is 33.3 Å². The van der Waals surface area contributed by atoms with Crippen molar-refractivity contribution in [3.8, 4) is 11.4 Å². The molecule has 0 saturated carbocycles. The predicted molar refractivity (Wildman–Crippen MR) is 74.1 cm³/mol. The summed E-state index contributed by atoms with van der Waals surface area (Å²) >= 11 is 3.43. The first-order chi connectivity index (χ1) is 8.70. The minimum Gasteiger partial charge on any atom is -0.339 e. The van der Waals surface area contributed by atoms with Crippen LogP contribution in [0.2, 0.25) is 0 Å². The fourth-order valence-electron chi connectivity index (χ4n) is 1.73. The van der Waals surface area contributed by atoms with E-state index < -0.39 is 0 Å². The number of nitrogens with two attached hydrogens (primary N) is 1. The van der Waals surface area contributed by atoms with Crippen LogP contribution >= 0.6 is 15.9 Å². The van der Waals surface area contributed by atoms with Crippen LogP contribution in [-0.4, -0.2) is 16.7 Å². The van der Waals surface area contributed by atoms with Crippen LogP contribution in [0.5, 0.6) is 0 Å². The minimum absolute atomic E-state index is 0.252. The normalized spacial score (nSPS) is 12.6. The van der Waals surface area contributed by atoms with Gasteiger partial charge in [0, 0.05) is 16.0 Å². The molecule has 96 valence electrons. The topological polar surface area (TPSA) is 64.9 Å². The Bertz CT molecular complexity index is 512. The predicted octanol–water partition coefficient (Wildman–Crippen LogP) is 3.34. The molecule has 2 aromatic rings. The lowest BCUT2D eigenvalue weighted by molar-refractivity contribution is 0.352. The van der Waals surface area contributed by atoms with Crippen LogP contribution in [0, 0.1) is 0 Å². The largest absolute Gasteiger partial charge is 0.339 e. The Kier molecular flexibility index (Phi) is 4.49. The van der Waals surface area contributed by atoms with Crippen molar-refractivity contribution in [2.24, 2.45) is 5.73 Å². The van der Waals surface area contributed by atoms with Gasteiger partial charge in [0.15, 0.2) is 0 Å². The molecule has 0 aliphatic heterocycles. The first-order valence-corrected chi connectivity index (χ1v) is 6.79. The van der Waals surface area contributed by atoms with Crippen LogP contribution in [-0.2, 0) is 0 Å². The third-order valence-electron chi connectivity index (χ3n) is 2.79. The van der Waals surface area contributed by atoms with E-state index in [1.165, 1.54) is 0 Å². The molecule has 1 atom stereocenters. The maximum Gasteiger partial charge on any atom is 0.229 e. The Balaban J connectivity index is 2.15. The second-order valence-corrected chi connectivity index (χ2v) is 5.21. The van der Waals surface area contributed by atoms with E-state index in [0.29, 0.717) is 18.3 Å². The average molecular weight is 310 g/mol. The Morgan fingerprint density at radius 2 is 2.28 bits per heavy atom. The maximum atomic E-state index is 5.50. The molecule has 2 rings (SSSR count). The van der Waals surface area contributed by atoms with Gasteiger partial charge in [-0.05, 0) is 31.5 Å². The summed E-state index contributed by atoms with van der Waals surface area (Å²) in [6.45, 7) is 2.77. The highest BCUT2D eigenvalue weighted by Crippen LogP contribution is 2.24. The van der Waals surface area contributed by atoms with E-state index in [1.807, 2.05) is 24.3 Å². The molecule has 0 saturated heterocycles. The third-order valence-corrected chi connectivity index (χ3v) is 3.28. The van der Waals surface area contributed by atoms with Gasteiger partial charge in [-0.25, -0.2) is 0 Å². The van der Waals surface area contributed by atoms with E-state index in [2.05, 4.69) is 33.0 Å². The van der Waals surface area contributed by atoms with Crippen molar-refractivity contribution in [3.63, 3.8) is 0 Å². The average Bonchev–Trinajstić information content (AvgIpc) is 2.85. The fraction of sp³-hybridized carbons (Fsp3) is 0.385. The van der Waals surface area contributed by atoms with Gasteiger partial charge in [0.25, 0.3) is 0 Å². The van der Waals surface area contributed by atoms with Crippen LogP contribution in [0.3, 0.4) is 0 Å². The van der Waals surface area contributed by atoms with E-state index in [1.54, 1.807) is 0 Å². The quantitative estimate of drug-likeness (QED) is 0.920. The molecule has 4 nitrogen and oxygen atoms in total. The molecule has 0 aliphatic carbocycles. The highest BCUT2D eigenvalue weighted by molar-refractivity contribution is 9.10. The van der Waals surface area contributed by atoms with Gasteiger partial charge in [0.2, 0.25) is 11.7 Å². The highest BCUT2D eigenvalue weighted by Gasteiger charge is 2.14. The monoisotopic (exact) mass is 309 g/mol. The SMILES string of the molecule is CC(CCCN)c1nc(-c2cccc(Br)c2)no1. The van der Waals surface area contributed by atoms with Crippen LogP contribution in [0.25, 0.3) is 11.4 Å². The second-order valence-electron chi connectivity index (χ2n) is 4.30. The van der Waals surface area contributed by atoms with Gasteiger partial charge in [0.1, 0.15) is 0 Å². The van der Waals surface area contributed by atoms with Crippen LogP contribution < -0.4 is 5.73 Å². The minimum atomic E-state index is 0.252. The van der Waals surface area contributed by atoms with Crippen molar-refractivity contribution in [1.29, 1.82) is 0 Å². The molecular weight excluding hydrogens is 294 g/mol. The van der Waals surface area contributed by atoms with Crippen molar-refractivity contribution in [1.82, 2.24) is 10.1 Å². The first kappa shape index (κ1) is 13.2. The summed E-state index contributed by atoms with van der Waals surface area (Å²) in [5.74, 6) is 1.56. The lowest BCUT2D eigenvalue weighted by Gasteiger charge is -2.03. The Morgan fingerprint density at radius 3 is 3.00 bits per heavy atom. The van der Waals surface area contributed by atoms with Crippen LogP contribution in [0.1, 0.15) is 31.6 Å². The molecule has 1 aromatic heterocycles. The van der Waals surface area contributed by atoms with E-state index in [0.717, 1.165) is 22.9 Å². The number of halogens is 1. The summed E-state index contributed by atoms with van der Waals surface area (Å²) in [5, 5.41) is 4.02. The number of hydrogen-bond acceptors (Lipinski definition) is 4. The molecule has 0 amide bonds. The summed E-state index contributed by atoms with van der Waals surface area (Å²) in [7, 11) is 0. The summed E-state index contributed by atoms with van der Waals surface area (Å²) in [6.07, 6.45) is 1.94. The van der Waals surface area contributed by atoms with E-state index in [-0.39, 0.29) is 5.92 Å². The Hall–Kier alpha value is -1.20. The molecule has 0 fully saturated rings. The first-order valence-electron chi connectivity index (χ1n) is 6.00. The van der Waals surface area contributed by atoms with E-state index in [4.69, 9.17) is 10.3 Å². The molecule has 1 unspecified atom stereocenters. The molecule has 0 bridgehead atoms. The summed E-state index contributed by atoms with van der Waals surface area (Å²) in [6, 6.07) is 7.85. The van der Waals surface area contributed by atoms with Crippen molar-refractivity contribution >= 4 is 15.9 Å². The van der Waals surface area contributed by atoms with Crippen molar-refractivity contribution in [2.45, 2.75) is 25.7 Å². The van der Waals surface area contributed by atoms with E-state index >= 15 is 0 Å². The molecule has 5 heteroatoms. The molecule has 0 radical (unpaired) electrons. The Labute approximate surface area is 115 Å².